The van der Waals surface area contributed by atoms with Crippen molar-refractivity contribution in [3.63, 3.8) is 0 Å². The lowest BCUT2D eigenvalue weighted by Crippen LogP contribution is -2.08. The van der Waals surface area contributed by atoms with Crippen LogP contribution in [0.1, 0.15) is 17.6 Å². The van der Waals surface area contributed by atoms with Crippen molar-refractivity contribution < 1.29 is 4.74 Å². The number of hydrogen-bond donors (Lipinski definition) is 2. The van der Waals surface area contributed by atoms with Gasteiger partial charge in [0.1, 0.15) is 28.5 Å². The Morgan fingerprint density at radius 3 is 2.71 bits per heavy atom. The van der Waals surface area contributed by atoms with Gasteiger partial charge < -0.3 is 15.0 Å². The zero-order valence-electron chi connectivity index (χ0n) is 17.5. The molecule has 2 aromatic carbocycles. The van der Waals surface area contributed by atoms with E-state index < -0.39 is 0 Å². The Morgan fingerprint density at radius 2 is 1.90 bits per heavy atom. The van der Waals surface area contributed by atoms with Gasteiger partial charge in [0.05, 0.1) is 23.0 Å². The maximum Gasteiger partial charge on any atom is 0.138 e. The Hall–Kier alpha value is -3.45. The first kappa shape index (κ1) is 19.5. The van der Waals surface area contributed by atoms with E-state index in [4.69, 9.17) is 4.74 Å². The number of nitrogens with zero attached hydrogens (tertiary/aromatic N) is 3. The number of para-hydroxylation sites is 2. The highest BCUT2D eigenvalue weighted by atomic mass is 32.1. The predicted molar refractivity (Wildman–Crippen MR) is 127 cm³/mol. The van der Waals surface area contributed by atoms with E-state index in [2.05, 4.69) is 44.3 Å². The van der Waals surface area contributed by atoms with Crippen LogP contribution in [0.3, 0.4) is 0 Å². The molecular formula is C24H23N5OS. The lowest BCUT2D eigenvalue weighted by molar-refractivity contribution is 0.340. The van der Waals surface area contributed by atoms with E-state index in [9.17, 15) is 0 Å². The maximum absolute atomic E-state index is 5.59. The molecule has 6 nitrogen and oxygen atoms in total. The molecule has 156 valence electrons. The number of nitrogens with one attached hydrogen (secondary N) is 2. The maximum atomic E-state index is 5.59. The molecule has 0 saturated carbocycles. The monoisotopic (exact) mass is 429 g/mol. The molecule has 7 heteroatoms. The molecule has 3 aromatic heterocycles. The Labute approximate surface area is 184 Å². The summed E-state index contributed by atoms with van der Waals surface area (Å²) in [5.41, 5.74) is 4.37. The van der Waals surface area contributed by atoms with Crippen LogP contribution >= 0.6 is 11.3 Å². The summed E-state index contributed by atoms with van der Waals surface area (Å²) >= 11 is 1.69. The van der Waals surface area contributed by atoms with Gasteiger partial charge in [0, 0.05) is 23.4 Å². The molecule has 0 fully saturated rings. The highest BCUT2D eigenvalue weighted by Gasteiger charge is 2.17. The van der Waals surface area contributed by atoms with Crippen molar-refractivity contribution in [1.29, 1.82) is 0 Å². The summed E-state index contributed by atoms with van der Waals surface area (Å²) in [4.78, 5) is 19.3. The average Bonchev–Trinajstić information content (AvgIpc) is 3.35. The third-order valence-corrected chi connectivity index (χ3v) is 6.22. The normalized spacial score (nSPS) is 11.3. The molecule has 0 aliphatic carbocycles. The molecule has 0 spiro atoms. The van der Waals surface area contributed by atoms with Gasteiger partial charge in [0.2, 0.25) is 0 Å². The van der Waals surface area contributed by atoms with Crippen LogP contribution in [0, 0.1) is 6.92 Å². The number of ether oxygens (including phenoxy) is 1. The molecule has 5 rings (SSSR count). The number of H-pyrrole nitrogens is 1. The number of aromatic nitrogens is 4. The van der Waals surface area contributed by atoms with Crippen LogP contribution < -0.4 is 10.1 Å². The van der Waals surface area contributed by atoms with Crippen LogP contribution in [0.15, 0.2) is 54.9 Å². The standard InChI is InChI=1S/C24H23N5OS/c1-3-30-17-10-8-16(9-11-17)21-15(2)31-24-22(21)23(26-14-27-24)25-13-12-20-28-18-6-4-5-7-19(18)29-20/h4-11,14H,3,12-13H2,1-2H3,(H,28,29)(H,25,26,27). The molecule has 0 unspecified atom stereocenters. The first-order valence-corrected chi connectivity index (χ1v) is 11.2. The first-order chi connectivity index (χ1) is 15.2. The second-order valence-corrected chi connectivity index (χ2v) is 8.47. The fraction of sp³-hybridized carbons (Fsp3) is 0.208. The third kappa shape index (κ3) is 3.84. The molecular weight excluding hydrogens is 406 g/mol. The quantitative estimate of drug-likeness (QED) is 0.352. The minimum atomic E-state index is 0.660. The fourth-order valence-electron chi connectivity index (χ4n) is 3.83. The number of fused-ring (bicyclic) bond motifs is 2. The van der Waals surface area contributed by atoms with Crippen LogP contribution in [-0.4, -0.2) is 33.1 Å². The molecule has 31 heavy (non-hydrogen) atoms. The van der Waals surface area contributed by atoms with E-state index in [-0.39, 0.29) is 0 Å². The molecule has 0 radical (unpaired) electrons. The summed E-state index contributed by atoms with van der Waals surface area (Å²) in [6.45, 7) is 5.51. The van der Waals surface area contributed by atoms with E-state index >= 15 is 0 Å². The summed E-state index contributed by atoms with van der Waals surface area (Å²) in [7, 11) is 0. The molecule has 0 aliphatic heterocycles. The Balaban J connectivity index is 1.42. The zero-order chi connectivity index (χ0) is 21.2. The highest BCUT2D eigenvalue weighted by Crippen LogP contribution is 2.40. The number of rotatable bonds is 7. The molecule has 0 saturated heterocycles. The summed E-state index contributed by atoms with van der Waals surface area (Å²) in [6, 6.07) is 16.3. The van der Waals surface area contributed by atoms with Crippen molar-refractivity contribution in [2.45, 2.75) is 20.3 Å². The highest BCUT2D eigenvalue weighted by molar-refractivity contribution is 7.19. The van der Waals surface area contributed by atoms with Crippen molar-refractivity contribution in [2.75, 3.05) is 18.5 Å². The number of thiophene rings is 1. The third-order valence-electron chi connectivity index (χ3n) is 5.21. The Morgan fingerprint density at radius 1 is 1.06 bits per heavy atom. The summed E-state index contributed by atoms with van der Waals surface area (Å²) in [6.07, 6.45) is 2.41. The second kappa shape index (κ2) is 8.35. The Kier molecular flexibility index (Phi) is 5.26. The predicted octanol–water partition coefficient (Wildman–Crippen LogP) is 5.60. The number of imidazole rings is 1. The van der Waals surface area contributed by atoms with Crippen molar-refractivity contribution in [3.8, 4) is 16.9 Å². The summed E-state index contributed by atoms with van der Waals surface area (Å²) in [5.74, 6) is 2.70. The zero-order valence-corrected chi connectivity index (χ0v) is 18.3. The van der Waals surface area contributed by atoms with Gasteiger partial charge in [-0.25, -0.2) is 15.0 Å². The molecule has 3 heterocycles. The summed E-state index contributed by atoms with van der Waals surface area (Å²) in [5, 5.41) is 4.57. The SMILES string of the molecule is CCOc1ccc(-c2c(C)sc3ncnc(NCCc4nc5ccccc5[nH]4)c23)cc1. The van der Waals surface area contributed by atoms with Gasteiger partial charge in [-0.2, -0.15) is 0 Å². The van der Waals surface area contributed by atoms with E-state index in [1.54, 1.807) is 17.7 Å². The minimum Gasteiger partial charge on any atom is -0.494 e. The number of aromatic amines is 1. The number of aryl methyl sites for hydroxylation is 1. The Bertz CT molecular complexity index is 1310. The van der Waals surface area contributed by atoms with Gasteiger partial charge in [-0.15, -0.1) is 11.3 Å². The van der Waals surface area contributed by atoms with Crippen molar-refractivity contribution >= 4 is 38.4 Å². The van der Waals surface area contributed by atoms with Crippen LogP contribution in [0.5, 0.6) is 5.75 Å². The molecule has 2 N–H and O–H groups in total. The van der Waals surface area contributed by atoms with Gasteiger partial charge in [-0.3, -0.25) is 0 Å². The molecule has 0 atom stereocenters. The van der Waals surface area contributed by atoms with E-state index in [1.807, 2.05) is 43.3 Å². The van der Waals surface area contributed by atoms with Crippen LogP contribution in [0.2, 0.25) is 0 Å². The van der Waals surface area contributed by atoms with E-state index in [0.29, 0.717) is 6.61 Å². The van der Waals surface area contributed by atoms with Crippen LogP contribution in [0.25, 0.3) is 32.4 Å². The topological polar surface area (TPSA) is 75.7 Å². The fourth-order valence-corrected chi connectivity index (χ4v) is 4.85. The van der Waals surface area contributed by atoms with Crippen LogP contribution in [-0.2, 0) is 6.42 Å². The van der Waals surface area contributed by atoms with Gasteiger partial charge in [-0.05, 0) is 43.7 Å². The van der Waals surface area contributed by atoms with E-state index in [0.717, 1.165) is 57.2 Å². The van der Waals surface area contributed by atoms with Crippen LogP contribution in [0.4, 0.5) is 5.82 Å². The summed E-state index contributed by atoms with van der Waals surface area (Å²) < 4.78 is 5.59. The number of benzene rings is 2. The van der Waals surface area contributed by atoms with Gasteiger partial charge in [-0.1, -0.05) is 24.3 Å². The molecule has 0 amide bonds. The van der Waals surface area contributed by atoms with Gasteiger partial charge >= 0.3 is 0 Å². The molecule has 5 aromatic rings. The lowest BCUT2D eigenvalue weighted by atomic mass is 10.0. The van der Waals surface area contributed by atoms with Crippen molar-refractivity contribution in [1.82, 2.24) is 19.9 Å². The average molecular weight is 430 g/mol. The molecule has 0 bridgehead atoms. The van der Waals surface area contributed by atoms with Crippen molar-refractivity contribution in [2.24, 2.45) is 0 Å². The van der Waals surface area contributed by atoms with Crippen molar-refractivity contribution in [3.05, 3.63) is 65.6 Å². The lowest BCUT2D eigenvalue weighted by Gasteiger charge is -2.09. The number of hydrogen-bond acceptors (Lipinski definition) is 6. The van der Waals surface area contributed by atoms with E-state index in [1.165, 1.54) is 10.4 Å². The smallest absolute Gasteiger partial charge is 0.138 e. The minimum absolute atomic E-state index is 0.660. The second-order valence-electron chi connectivity index (χ2n) is 7.27. The van der Waals surface area contributed by atoms with Gasteiger partial charge in [0.25, 0.3) is 0 Å². The molecule has 0 aliphatic rings. The first-order valence-electron chi connectivity index (χ1n) is 10.4. The largest absolute Gasteiger partial charge is 0.494 e. The van der Waals surface area contributed by atoms with Gasteiger partial charge in [0.15, 0.2) is 0 Å². The number of anilines is 1.